The zero-order valence-electron chi connectivity index (χ0n) is 18.1. The third-order valence-corrected chi connectivity index (χ3v) is 8.24. The van der Waals surface area contributed by atoms with Crippen molar-refractivity contribution >= 4 is 7.82 Å². The van der Waals surface area contributed by atoms with Crippen LogP contribution >= 0.6 is 7.82 Å². The third-order valence-electron chi connectivity index (χ3n) is 7.12. The van der Waals surface area contributed by atoms with Crippen molar-refractivity contribution in [2.45, 2.75) is 117 Å². The van der Waals surface area contributed by atoms with Gasteiger partial charge in [0.15, 0.2) is 0 Å². The molecule has 0 radical (unpaired) electrons. The molecule has 0 aliphatic heterocycles. The van der Waals surface area contributed by atoms with E-state index in [9.17, 15) is 9.46 Å². The lowest BCUT2D eigenvalue weighted by molar-refractivity contribution is 0.0103. The first-order valence-electron chi connectivity index (χ1n) is 11.6. The fourth-order valence-corrected chi connectivity index (χ4v) is 6.85. The molecule has 2 fully saturated rings. The highest BCUT2D eigenvalue weighted by atomic mass is 31.2. The van der Waals surface area contributed by atoms with Crippen LogP contribution in [0.25, 0.3) is 0 Å². The van der Waals surface area contributed by atoms with E-state index < -0.39 is 7.82 Å². The highest BCUT2D eigenvalue weighted by Gasteiger charge is 2.38. The molecular formula is C22H43O4P. The molecule has 0 amide bonds. The summed E-state index contributed by atoms with van der Waals surface area (Å²) in [5.74, 6) is 2.71. The smallest absolute Gasteiger partial charge is 0.302 e. The molecule has 6 unspecified atom stereocenters. The summed E-state index contributed by atoms with van der Waals surface area (Å²) in [7, 11) is -3.97. The minimum absolute atomic E-state index is 0.128. The molecule has 0 bridgehead atoms. The minimum Gasteiger partial charge on any atom is -0.302 e. The van der Waals surface area contributed by atoms with E-state index in [-0.39, 0.29) is 12.2 Å². The van der Waals surface area contributed by atoms with Crippen molar-refractivity contribution in [2.24, 2.45) is 23.7 Å². The Morgan fingerprint density at radius 3 is 1.48 bits per heavy atom. The monoisotopic (exact) mass is 402 g/mol. The number of phosphoric ester groups is 1. The molecule has 5 heteroatoms. The van der Waals surface area contributed by atoms with Crippen LogP contribution in [0.5, 0.6) is 0 Å². The van der Waals surface area contributed by atoms with Crippen LogP contribution in [0.2, 0.25) is 0 Å². The molecule has 0 aromatic carbocycles. The van der Waals surface area contributed by atoms with Crippen molar-refractivity contribution in [1.82, 2.24) is 0 Å². The first-order valence-corrected chi connectivity index (χ1v) is 13.1. The van der Waals surface area contributed by atoms with Crippen LogP contribution in [0.3, 0.4) is 0 Å². The highest BCUT2D eigenvalue weighted by molar-refractivity contribution is 7.47. The number of rotatable bonds is 10. The van der Waals surface area contributed by atoms with Gasteiger partial charge < -0.3 is 4.89 Å². The Bertz CT molecular complexity index is 431. The maximum Gasteiger partial charge on any atom is 0.472 e. The van der Waals surface area contributed by atoms with Crippen molar-refractivity contribution in [3.05, 3.63) is 0 Å². The maximum absolute atomic E-state index is 12.7. The molecule has 2 saturated carbocycles. The van der Waals surface area contributed by atoms with Gasteiger partial charge in [-0.1, -0.05) is 66.2 Å². The predicted octanol–water partition coefficient (Wildman–Crippen LogP) is 7.11. The van der Waals surface area contributed by atoms with Crippen LogP contribution in [-0.2, 0) is 13.6 Å². The molecular weight excluding hydrogens is 359 g/mol. The van der Waals surface area contributed by atoms with Gasteiger partial charge in [0.25, 0.3) is 0 Å². The first kappa shape index (κ1) is 23.4. The van der Waals surface area contributed by atoms with Crippen molar-refractivity contribution in [2.75, 3.05) is 0 Å². The molecule has 0 heterocycles. The molecule has 6 atom stereocenters. The van der Waals surface area contributed by atoms with Gasteiger partial charge in [-0.05, 0) is 62.2 Å². The number of hydrogen-bond acceptors (Lipinski definition) is 3. The summed E-state index contributed by atoms with van der Waals surface area (Å²) in [5.41, 5.74) is 0. The second-order valence-electron chi connectivity index (χ2n) is 8.98. The lowest BCUT2D eigenvalue weighted by Crippen LogP contribution is -2.31. The number of hydrogen-bond donors (Lipinski definition) is 1. The Morgan fingerprint density at radius 1 is 0.741 bits per heavy atom. The zero-order valence-corrected chi connectivity index (χ0v) is 19.0. The number of phosphoric acid groups is 1. The Labute approximate surface area is 167 Å². The molecule has 2 aliphatic rings. The largest absolute Gasteiger partial charge is 0.472 e. The summed E-state index contributed by atoms with van der Waals surface area (Å²) in [6, 6.07) is 0. The summed E-state index contributed by atoms with van der Waals surface area (Å²) in [6.07, 6.45) is 12.7. The summed E-state index contributed by atoms with van der Waals surface area (Å²) >= 11 is 0. The van der Waals surface area contributed by atoms with E-state index in [1.165, 1.54) is 25.7 Å². The van der Waals surface area contributed by atoms with Crippen LogP contribution in [0.15, 0.2) is 0 Å². The quantitative estimate of drug-likeness (QED) is 0.396. The van der Waals surface area contributed by atoms with Gasteiger partial charge in [-0.15, -0.1) is 0 Å². The summed E-state index contributed by atoms with van der Waals surface area (Å²) in [5, 5.41) is 0. The second kappa shape index (κ2) is 11.3. The molecule has 1 N–H and O–H groups in total. The van der Waals surface area contributed by atoms with Crippen LogP contribution in [0, 0.1) is 23.7 Å². The van der Waals surface area contributed by atoms with Crippen molar-refractivity contribution in [3.63, 3.8) is 0 Å². The maximum atomic E-state index is 12.7. The summed E-state index contributed by atoms with van der Waals surface area (Å²) < 4.78 is 24.0. The normalized spacial score (nSPS) is 37.1. The van der Waals surface area contributed by atoms with Crippen molar-refractivity contribution in [3.8, 4) is 0 Å². The molecule has 0 spiro atoms. The Hall–Kier alpha value is 0.110. The molecule has 2 rings (SSSR count). The van der Waals surface area contributed by atoms with Gasteiger partial charge in [-0.3, -0.25) is 9.05 Å². The molecule has 0 saturated heterocycles. The van der Waals surface area contributed by atoms with Crippen molar-refractivity contribution in [1.29, 1.82) is 0 Å². The summed E-state index contributed by atoms with van der Waals surface area (Å²) in [6.45, 7) is 8.93. The van der Waals surface area contributed by atoms with E-state index in [4.69, 9.17) is 9.05 Å². The zero-order chi connectivity index (χ0) is 19.9. The standard InChI is InChI=1S/C22H43O4P/c1-5-9-19-11-13-21(15-17(19)7-3)25-27(23,24)26-22-14-12-20(10-6-2)18(8-4)16-22/h17-22H,5-16H2,1-4H3,(H,23,24). The molecule has 4 nitrogen and oxygen atoms in total. The lowest BCUT2D eigenvalue weighted by atomic mass is 9.74. The molecule has 0 aromatic rings. The van der Waals surface area contributed by atoms with Crippen LogP contribution in [-0.4, -0.2) is 17.1 Å². The van der Waals surface area contributed by atoms with E-state index in [0.29, 0.717) is 11.8 Å². The molecule has 27 heavy (non-hydrogen) atoms. The second-order valence-corrected chi connectivity index (χ2v) is 10.3. The van der Waals surface area contributed by atoms with Gasteiger partial charge in [0, 0.05) is 0 Å². The molecule has 0 aromatic heterocycles. The highest BCUT2D eigenvalue weighted by Crippen LogP contribution is 2.52. The molecule has 2 aliphatic carbocycles. The fourth-order valence-electron chi connectivity index (χ4n) is 5.66. The van der Waals surface area contributed by atoms with E-state index in [2.05, 4.69) is 27.7 Å². The minimum atomic E-state index is -3.97. The van der Waals surface area contributed by atoms with Gasteiger partial charge in [0.2, 0.25) is 0 Å². The first-order chi connectivity index (χ1) is 12.9. The Kier molecular flexibility index (Phi) is 9.82. The third kappa shape index (κ3) is 7.14. The average Bonchev–Trinajstić information content (AvgIpc) is 2.64. The topological polar surface area (TPSA) is 55.8 Å². The fraction of sp³-hybridized carbons (Fsp3) is 1.00. The van der Waals surface area contributed by atoms with E-state index in [1.807, 2.05) is 0 Å². The van der Waals surface area contributed by atoms with E-state index in [0.717, 1.165) is 63.2 Å². The van der Waals surface area contributed by atoms with E-state index >= 15 is 0 Å². The van der Waals surface area contributed by atoms with E-state index in [1.54, 1.807) is 0 Å². The Morgan fingerprint density at radius 2 is 1.15 bits per heavy atom. The van der Waals surface area contributed by atoms with Gasteiger partial charge in [-0.25, -0.2) is 4.57 Å². The van der Waals surface area contributed by atoms with Crippen LogP contribution in [0.1, 0.15) is 105 Å². The van der Waals surface area contributed by atoms with Crippen LogP contribution in [0.4, 0.5) is 0 Å². The predicted molar refractivity (Wildman–Crippen MR) is 112 cm³/mol. The lowest BCUT2D eigenvalue weighted by Gasteiger charge is -2.38. The van der Waals surface area contributed by atoms with Crippen molar-refractivity contribution < 1.29 is 18.5 Å². The van der Waals surface area contributed by atoms with Gasteiger partial charge >= 0.3 is 7.82 Å². The van der Waals surface area contributed by atoms with Gasteiger partial charge in [0.1, 0.15) is 0 Å². The molecule has 160 valence electrons. The summed E-state index contributed by atoms with van der Waals surface area (Å²) in [4.78, 5) is 10.4. The van der Waals surface area contributed by atoms with Gasteiger partial charge in [0.05, 0.1) is 12.2 Å². The van der Waals surface area contributed by atoms with Crippen LogP contribution < -0.4 is 0 Å². The van der Waals surface area contributed by atoms with Gasteiger partial charge in [-0.2, -0.15) is 0 Å². The SMILES string of the molecule is CCCC1CCC(OP(=O)(O)OC2CCC(CCC)C(CC)C2)CC1CC. The average molecular weight is 403 g/mol. The Balaban J connectivity index is 1.85.